The number of nitrogens with one attached hydrogen (secondary N) is 1. The van der Waals surface area contributed by atoms with Crippen molar-refractivity contribution in [2.75, 3.05) is 13.7 Å². The molecule has 0 saturated heterocycles. The molecule has 1 aromatic rings. The summed E-state index contributed by atoms with van der Waals surface area (Å²) in [5, 5.41) is 0. The molecule has 0 aliphatic heterocycles. The number of hydrazine groups is 1. The van der Waals surface area contributed by atoms with E-state index in [2.05, 4.69) is 37.5 Å². The maximum absolute atomic E-state index is 5.52. The Hall–Kier alpha value is -0.900. The van der Waals surface area contributed by atoms with Crippen LogP contribution in [0.1, 0.15) is 23.1 Å². The standard InChI is InChI=1S/C13H22N2O/c1-10-4-5-12(8-11(10)2)9-13(15-14)6-7-16-3/h4-5,8,13,15H,6-7,9,14H2,1-3H3. The van der Waals surface area contributed by atoms with E-state index in [0.29, 0.717) is 0 Å². The van der Waals surface area contributed by atoms with Gasteiger partial charge < -0.3 is 4.74 Å². The number of benzene rings is 1. The third-order valence-electron chi connectivity index (χ3n) is 2.96. The first-order valence-corrected chi connectivity index (χ1v) is 5.68. The van der Waals surface area contributed by atoms with Gasteiger partial charge in [-0.15, -0.1) is 0 Å². The van der Waals surface area contributed by atoms with Crippen LogP contribution in [-0.4, -0.2) is 19.8 Å². The third kappa shape index (κ3) is 3.93. The molecule has 0 saturated carbocycles. The first-order chi connectivity index (χ1) is 7.67. The summed E-state index contributed by atoms with van der Waals surface area (Å²) in [6, 6.07) is 6.84. The highest BCUT2D eigenvalue weighted by Gasteiger charge is 2.07. The zero-order chi connectivity index (χ0) is 12.0. The second kappa shape index (κ2) is 6.63. The predicted octanol–water partition coefficient (Wildman–Crippen LogP) is 1.71. The molecule has 0 bridgehead atoms. The molecule has 1 rings (SSSR count). The molecule has 0 aliphatic rings. The summed E-state index contributed by atoms with van der Waals surface area (Å²) < 4.78 is 5.06. The molecule has 3 nitrogen and oxygen atoms in total. The van der Waals surface area contributed by atoms with E-state index in [0.717, 1.165) is 19.4 Å². The van der Waals surface area contributed by atoms with Crippen LogP contribution in [0.3, 0.4) is 0 Å². The number of ether oxygens (including phenoxy) is 1. The quantitative estimate of drug-likeness (QED) is 0.569. The average Bonchev–Trinajstić information content (AvgIpc) is 2.29. The molecule has 0 amide bonds. The molecular weight excluding hydrogens is 200 g/mol. The van der Waals surface area contributed by atoms with E-state index >= 15 is 0 Å². The van der Waals surface area contributed by atoms with Gasteiger partial charge in [-0.3, -0.25) is 11.3 Å². The summed E-state index contributed by atoms with van der Waals surface area (Å²) in [7, 11) is 1.71. The number of aryl methyl sites for hydroxylation is 2. The van der Waals surface area contributed by atoms with E-state index in [1.165, 1.54) is 16.7 Å². The average molecular weight is 222 g/mol. The van der Waals surface area contributed by atoms with E-state index in [4.69, 9.17) is 10.6 Å². The Labute approximate surface area is 98.0 Å². The van der Waals surface area contributed by atoms with Crippen molar-refractivity contribution in [2.24, 2.45) is 5.84 Å². The van der Waals surface area contributed by atoms with Gasteiger partial charge in [0.25, 0.3) is 0 Å². The lowest BCUT2D eigenvalue weighted by molar-refractivity contribution is 0.182. The summed E-state index contributed by atoms with van der Waals surface area (Å²) in [4.78, 5) is 0. The summed E-state index contributed by atoms with van der Waals surface area (Å²) in [5.41, 5.74) is 6.83. The first-order valence-electron chi connectivity index (χ1n) is 5.68. The fraction of sp³-hybridized carbons (Fsp3) is 0.538. The van der Waals surface area contributed by atoms with E-state index in [9.17, 15) is 0 Å². The number of hydrogen-bond donors (Lipinski definition) is 2. The molecule has 0 heterocycles. The Bertz CT molecular complexity index is 326. The van der Waals surface area contributed by atoms with Gasteiger partial charge in [-0.1, -0.05) is 18.2 Å². The largest absolute Gasteiger partial charge is 0.385 e. The molecule has 0 aromatic heterocycles. The Morgan fingerprint density at radius 2 is 2.06 bits per heavy atom. The minimum Gasteiger partial charge on any atom is -0.385 e. The Kier molecular flexibility index (Phi) is 5.46. The molecule has 0 spiro atoms. The smallest absolute Gasteiger partial charge is 0.0477 e. The van der Waals surface area contributed by atoms with E-state index in [1.807, 2.05) is 0 Å². The van der Waals surface area contributed by atoms with Crippen molar-refractivity contribution in [1.29, 1.82) is 0 Å². The van der Waals surface area contributed by atoms with Crippen molar-refractivity contribution >= 4 is 0 Å². The molecule has 0 fully saturated rings. The summed E-state index contributed by atoms with van der Waals surface area (Å²) >= 11 is 0. The normalized spacial score (nSPS) is 12.8. The van der Waals surface area contributed by atoms with Crippen molar-refractivity contribution in [2.45, 2.75) is 32.7 Å². The number of methoxy groups -OCH3 is 1. The van der Waals surface area contributed by atoms with Gasteiger partial charge in [-0.05, 0) is 43.4 Å². The fourth-order valence-corrected chi connectivity index (χ4v) is 1.72. The highest BCUT2D eigenvalue weighted by Crippen LogP contribution is 2.12. The predicted molar refractivity (Wildman–Crippen MR) is 67.2 cm³/mol. The lowest BCUT2D eigenvalue weighted by Gasteiger charge is -2.16. The van der Waals surface area contributed by atoms with Crippen LogP contribution in [0.25, 0.3) is 0 Å². The molecule has 16 heavy (non-hydrogen) atoms. The van der Waals surface area contributed by atoms with Gasteiger partial charge in [0.1, 0.15) is 0 Å². The van der Waals surface area contributed by atoms with E-state index in [-0.39, 0.29) is 6.04 Å². The van der Waals surface area contributed by atoms with Crippen molar-refractivity contribution in [3.63, 3.8) is 0 Å². The molecule has 3 heteroatoms. The van der Waals surface area contributed by atoms with Crippen LogP contribution in [0.2, 0.25) is 0 Å². The van der Waals surface area contributed by atoms with Crippen LogP contribution < -0.4 is 11.3 Å². The number of hydrogen-bond acceptors (Lipinski definition) is 3. The zero-order valence-electron chi connectivity index (χ0n) is 10.4. The van der Waals surface area contributed by atoms with Gasteiger partial charge in [0.2, 0.25) is 0 Å². The van der Waals surface area contributed by atoms with Gasteiger partial charge in [0.05, 0.1) is 0 Å². The molecule has 3 N–H and O–H groups in total. The van der Waals surface area contributed by atoms with E-state index < -0.39 is 0 Å². The highest BCUT2D eigenvalue weighted by atomic mass is 16.5. The van der Waals surface area contributed by atoms with Gasteiger partial charge in [0.15, 0.2) is 0 Å². The molecular formula is C13H22N2O. The van der Waals surface area contributed by atoms with Gasteiger partial charge in [-0.2, -0.15) is 0 Å². The third-order valence-corrected chi connectivity index (χ3v) is 2.96. The maximum Gasteiger partial charge on any atom is 0.0477 e. The van der Waals surface area contributed by atoms with Crippen molar-refractivity contribution in [3.05, 3.63) is 34.9 Å². The Morgan fingerprint density at radius 3 is 2.62 bits per heavy atom. The van der Waals surface area contributed by atoms with Crippen molar-refractivity contribution in [3.8, 4) is 0 Å². The van der Waals surface area contributed by atoms with Crippen LogP contribution >= 0.6 is 0 Å². The second-order valence-corrected chi connectivity index (χ2v) is 4.27. The van der Waals surface area contributed by atoms with E-state index in [1.54, 1.807) is 7.11 Å². The van der Waals surface area contributed by atoms with Crippen LogP contribution in [0.5, 0.6) is 0 Å². The van der Waals surface area contributed by atoms with Crippen LogP contribution in [0, 0.1) is 13.8 Å². The minimum absolute atomic E-state index is 0.280. The molecule has 0 radical (unpaired) electrons. The molecule has 0 aliphatic carbocycles. The van der Waals surface area contributed by atoms with Gasteiger partial charge >= 0.3 is 0 Å². The highest BCUT2D eigenvalue weighted by molar-refractivity contribution is 5.30. The lowest BCUT2D eigenvalue weighted by Crippen LogP contribution is -2.37. The first kappa shape index (κ1) is 13.2. The summed E-state index contributed by atoms with van der Waals surface area (Å²) in [6.07, 6.45) is 1.88. The van der Waals surface area contributed by atoms with Crippen LogP contribution in [0.15, 0.2) is 18.2 Å². The SMILES string of the molecule is COCCC(Cc1ccc(C)c(C)c1)NN. The van der Waals surface area contributed by atoms with Crippen LogP contribution in [0.4, 0.5) is 0 Å². The van der Waals surface area contributed by atoms with Crippen molar-refractivity contribution < 1.29 is 4.74 Å². The Balaban J connectivity index is 2.59. The molecule has 1 aromatic carbocycles. The maximum atomic E-state index is 5.52. The molecule has 1 atom stereocenters. The summed E-state index contributed by atoms with van der Waals surface area (Å²) in [5.74, 6) is 5.52. The molecule has 90 valence electrons. The topological polar surface area (TPSA) is 47.3 Å². The van der Waals surface area contributed by atoms with Crippen LogP contribution in [-0.2, 0) is 11.2 Å². The Morgan fingerprint density at radius 1 is 1.31 bits per heavy atom. The second-order valence-electron chi connectivity index (χ2n) is 4.27. The number of nitrogens with two attached hydrogens (primary N) is 1. The minimum atomic E-state index is 0.280. The fourth-order valence-electron chi connectivity index (χ4n) is 1.72. The lowest BCUT2D eigenvalue weighted by atomic mass is 10.00. The van der Waals surface area contributed by atoms with Gasteiger partial charge in [-0.25, -0.2) is 0 Å². The van der Waals surface area contributed by atoms with Crippen molar-refractivity contribution in [1.82, 2.24) is 5.43 Å². The zero-order valence-corrected chi connectivity index (χ0v) is 10.4. The van der Waals surface area contributed by atoms with Gasteiger partial charge in [0, 0.05) is 19.8 Å². The molecule has 1 unspecified atom stereocenters. The monoisotopic (exact) mass is 222 g/mol. The number of rotatable bonds is 6. The summed E-state index contributed by atoms with van der Waals surface area (Å²) in [6.45, 7) is 5.00.